The summed E-state index contributed by atoms with van der Waals surface area (Å²) in [6.07, 6.45) is 0. The molecule has 0 aliphatic heterocycles. The van der Waals surface area contributed by atoms with Crippen molar-refractivity contribution in [1.29, 1.82) is 0 Å². The van der Waals surface area contributed by atoms with Crippen molar-refractivity contribution in [2.75, 3.05) is 16.2 Å². The van der Waals surface area contributed by atoms with Crippen molar-refractivity contribution >= 4 is 49.1 Å². The Morgan fingerprint density at radius 3 is 2.06 bits per heavy atom. The van der Waals surface area contributed by atoms with Gasteiger partial charge in [-0.1, -0.05) is 33.6 Å². The molecule has 3 rings (SSSR count). The van der Waals surface area contributed by atoms with Gasteiger partial charge in [0.25, 0.3) is 10.0 Å². The molecule has 0 aromatic heterocycles. The van der Waals surface area contributed by atoms with E-state index < -0.39 is 28.4 Å². The third-order valence-electron chi connectivity index (χ3n) is 4.46. The van der Waals surface area contributed by atoms with E-state index in [9.17, 15) is 18.0 Å². The number of aryl methyl sites for hydroxylation is 1. The molecule has 0 heterocycles. The van der Waals surface area contributed by atoms with Crippen LogP contribution in [0.25, 0.3) is 0 Å². The number of sulfonamides is 1. The van der Waals surface area contributed by atoms with Gasteiger partial charge in [-0.2, -0.15) is 0 Å². The number of benzene rings is 3. The fourth-order valence-electron chi connectivity index (χ4n) is 2.81. The molecule has 160 valence electrons. The minimum atomic E-state index is -3.99. The molecule has 0 fully saturated rings. The zero-order valence-electron chi connectivity index (χ0n) is 16.6. The maximum atomic E-state index is 13.3. The van der Waals surface area contributed by atoms with Gasteiger partial charge < -0.3 is 11.1 Å². The van der Waals surface area contributed by atoms with Gasteiger partial charge in [-0.25, -0.2) is 8.42 Å². The van der Waals surface area contributed by atoms with Gasteiger partial charge in [0, 0.05) is 15.7 Å². The molecule has 0 unspecified atom stereocenters. The van der Waals surface area contributed by atoms with Crippen LogP contribution in [-0.4, -0.2) is 26.8 Å². The maximum Gasteiger partial charge on any atom is 0.264 e. The SMILES string of the molecule is Cc1ccc(S(=O)(=O)N(CC(=O)Nc2ccc(C(N)=O)cc2)c2ccc(Br)cc2)cc1. The molecule has 3 aromatic rings. The van der Waals surface area contributed by atoms with E-state index in [-0.39, 0.29) is 4.90 Å². The average Bonchev–Trinajstić information content (AvgIpc) is 2.73. The third-order valence-corrected chi connectivity index (χ3v) is 6.78. The summed E-state index contributed by atoms with van der Waals surface area (Å²) in [5.74, 6) is -1.12. The lowest BCUT2D eigenvalue weighted by molar-refractivity contribution is -0.114. The largest absolute Gasteiger partial charge is 0.366 e. The van der Waals surface area contributed by atoms with Crippen molar-refractivity contribution < 1.29 is 18.0 Å². The van der Waals surface area contributed by atoms with Crippen molar-refractivity contribution in [3.05, 3.63) is 88.4 Å². The number of anilines is 2. The molecule has 0 aliphatic carbocycles. The van der Waals surface area contributed by atoms with Crippen molar-refractivity contribution in [3.63, 3.8) is 0 Å². The standard InChI is InChI=1S/C22H20BrN3O4S/c1-15-2-12-20(13-3-15)31(29,30)26(19-10-6-17(23)7-11-19)14-21(27)25-18-8-4-16(5-9-18)22(24)28/h2-13H,14H2,1H3,(H2,24,28)(H,25,27). The van der Waals surface area contributed by atoms with Gasteiger partial charge in [0.1, 0.15) is 6.54 Å². The fourth-order valence-corrected chi connectivity index (χ4v) is 4.49. The first-order valence-corrected chi connectivity index (χ1v) is 11.4. The Morgan fingerprint density at radius 2 is 1.52 bits per heavy atom. The van der Waals surface area contributed by atoms with E-state index >= 15 is 0 Å². The van der Waals surface area contributed by atoms with Crippen molar-refractivity contribution in [2.45, 2.75) is 11.8 Å². The number of nitrogens with two attached hydrogens (primary N) is 1. The van der Waals surface area contributed by atoms with E-state index in [0.717, 1.165) is 14.3 Å². The summed E-state index contributed by atoms with van der Waals surface area (Å²) in [5, 5.41) is 2.65. The molecule has 31 heavy (non-hydrogen) atoms. The molecular formula is C22H20BrN3O4S. The number of halogens is 1. The van der Waals surface area contributed by atoms with Crippen LogP contribution in [0.1, 0.15) is 15.9 Å². The Bertz CT molecular complexity index is 1190. The van der Waals surface area contributed by atoms with E-state index in [1.54, 1.807) is 36.4 Å². The van der Waals surface area contributed by atoms with Crippen LogP contribution in [0.2, 0.25) is 0 Å². The monoisotopic (exact) mass is 501 g/mol. The topological polar surface area (TPSA) is 110 Å². The second-order valence-corrected chi connectivity index (χ2v) is 9.57. The molecule has 0 bridgehead atoms. The number of nitrogens with one attached hydrogen (secondary N) is 1. The molecule has 9 heteroatoms. The Kier molecular flexibility index (Phi) is 6.77. The van der Waals surface area contributed by atoms with Crippen molar-refractivity contribution in [2.24, 2.45) is 5.73 Å². The third kappa shape index (κ3) is 5.50. The average molecular weight is 502 g/mol. The van der Waals surface area contributed by atoms with Gasteiger partial charge in [0.15, 0.2) is 0 Å². The van der Waals surface area contributed by atoms with Gasteiger partial charge in [-0.15, -0.1) is 0 Å². The molecule has 3 aromatic carbocycles. The number of carbonyl (C=O) groups is 2. The van der Waals surface area contributed by atoms with E-state index in [0.29, 0.717) is 16.9 Å². The molecular weight excluding hydrogens is 482 g/mol. The molecule has 3 N–H and O–H groups in total. The van der Waals surface area contributed by atoms with Crippen LogP contribution in [0.15, 0.2) is 82.2 Å². The zero-order valence-corrected chi connectivity index (χ0v) is 19.0. The Morgan fingerprint density at radius 1 is 0.935 bits per heavy atom. The normalized spacial score (nSPS) is 11.0. The van der Waals surface area contributed by atoms with Crippen LogP contribution in [0.5, 0.6) is 0 Å². The summed E-state index contributed by atoms with van der Waals surface area (Å²) < 4.78 is 28.5. The van der Waals surface area contributed by atoms with Crippen molar-refractivity contribution in [1.82, 2.24) is 0 Å². The Hall–Kier alpha value is -3.17. The van der Waals surface area contributed by atoms with E-state index in [1.807, 2.05) is 6.92 Å². The number of primary amides is 1. The first-order chi connectivity index (χ1) is 14.7. The minimum Gasteiger partial charge on any atom is -0.366 e. The minimum absolute atomic E-state index is 0.0830. The predicted octanol–water partition coefficient (Wildman–Crippen LogP) is 3.69. The first-order valence-electron chi connectivity index (χ1n) is 9.21. The summed E-state index contributed by atoms with van der Waals surface area (Å²) in [6.45, 7) is 1.43. The van der Waals surface area contributed by atoms with Crippen LogP contribution < -0.4 is 15.4 Å². The van der Waals surface area contributed by atoms with Crippen LogP contribution >= 0.6 is 15.9 Å². The maximum absolute atomic E-state index is 13.3. The number of hydrogen-bond acceptors (Lipinski definition) is 4. The lowest BCUT2D eigenvalue weighted by atomic mass is 10.2. The summed E-state index contributed by atoms with van der Waals surface area (Å²) in [4.78, 5) is 24.0. The highest BCUT2D eigenvalue weighted by molar-refractivity contribution is 9.10. The van der Waals surface area contributed by atoms with Gasteiger partial charge in [0.2, 0.25) is 11.8 Å². The van der Waals surface area contributed by atoms with E-state index in [4.69, 9.17) is 5.73 Å². The first kappa shape index (κ1) is 22.5. The smallest absolute Gasteiger partial charge is 0.264 e. The van der Waals surface area contributed by atoms with Crippen molar-refractivity contribution in [3.8, 4) is 0 Å². The number of carbonyl (C=O) groups excluding carboxylic acids is 2. The number of hydrogen-bond donors (Lipinski definition) is 2. The van der Waals surface area contributed by atoms with Crippen LogP contribution in [0.4, 0.5) is 11.4 Å². The zero-order chi connectivity index (χ0) is 22.6. The summed E-state index contributed by atoms with van der Waals surface area (Å²) in [7, 11) is -3.99. The molecule has 0 aliphatic rings. The van der Waals surface area contributed by atoms with Gasteiger partial charge in [0.05, 0.1) is 10.6 Å². The van der Waals surface area contributed by atoms with Crippen LogP contribution in [0, 0.1) is 6.92 Å². The highest BCUT2D eigenvalue weighted by Crippen LogP contribution is 2.25. The lowest BCUT2D eigenvalue weighted by Crippen LogP contribution is -2.38. The van der Waals surface area contributed by atoms with Gasteiger partial charge >= 0.3 is 0 Å². The van der Waals surface area contributed by atoms with Gasteiger partial charge in [-0.05, 0) is 67.6 Å². The lowest BCUT2D eigenvalue weighted by Gasteiger charge is -2.24. The Balaban J connectivity index is 1.89. The quantitative estimate of drug-likeness (QED) is 0.514. The highest BCUT2D eigenvalue weighted by atomic mass is 79.9. The molecule has 0 saturated heterocycles. The summed E-state index contributed by atoms with van der Waals surface area (Å²) in [5.41, 5.74) is 7.21. The molecule has 2 amide bonds. The number of amides is 2. The molecule has 0 atom stereocenters. The predicted molar refractivity (Wildman–Crippen MR) is 123 cm³/mol. The summed E-state index contributed by atoms with van der Waals surface area (Å²) in [6, 6.07) is 19.1. The van der Waals surface area contributed by atoms with Crippen LogP contribution in [0.3, 0.4) is 0 Å². The van der Waals surface area contributed by atoms with Gasteiger partial charge in [-0.3, -0.25) is 13.9 Å². The highest BCUT2D eigenvalue weighted by Gasteiger charge is 2.27. The fraction of sp³-hybridized carbons (Fsp3) is 0.0909. The second kappa shape index (κ2) is 9.32. The van der Waals surface area contributed by atoms with E-state index in [2.05, 4.69) is 21.2 Å². The molecule has 7 nitrogen and oxygen atoms in total. The molecule has 0 spiro atoms. The Labute approximate surface area is 189 Å². The van der Waals surface area contributed by atoms with E-state index in [1.165, 1.54) is 36.4 Å². The van der Waals surface area contributed by atoms with Crippen LogP contribution in [-0.2, 0) is 14.8 Å². The number of nitrogens with zero attached hydrogens (tertiary/aromatic N) is 1. The summed E-state index contributed by atoms with van der Waals surface area (Å²) >= 11 is 3.33. The number of rotatable bonds is 7. The molecule has 0 radical (unpaired) electrons. The second-order valence-electron chi connectivity index (χ2n) is 6.79. The molecule has 0 saturated carbocycles.